The highest BCUT2D eigenvalue weighted by molar-refractivity contribution is 5.96. The van der Waals surface area contributed by atoms with Gasteiger partial charge in [-0.1, -0.05) is 25.0 Å². The zero-order valence-corrected chi connectivity index (χ0v) is 10.2. The number of benzene rings is 1. The van der Waals surface area contributed by atoms with Gasteiger partial charge in [-0.3, -0.25) is 9.59 Å². The number of amides is 1. The second kappa shape index (κ2) is 6.45. The van der Waals surface area contributed by atoms with Crippen molar-refractivity contribution >= 4 is 11.9 Å². The molecular formula is C14H15NO3. The van der Waals surface area contributed by atoms with Crippen molar-refractivity contribution in [2.24, 2.45) is 0 Å². The molecule has 4 nitrogen and oxygen atoms in total. The Morgan fingerprint density at radius 1 is 1.33 bits per heavy atom. The predicted molar refractivity (Wildman–Crippen MR) is 68.2 cm³/mol. The van der Waals surface area contributed by atoms with E-state index in [9.17, 15) is 9.59 Å². The number of carboxylic acid groups (broad SMARTS) is 1. The molecule has 1 aromatic rings. The SMILES string of the molecule is C#CCN(CC(=O)O)C(=O)c1ccc(CC)cc1. The van der Waals surface area contributed by atoms with Crippen molar-refractivity contribution in [2.45, 2.75) is 13.3 Å². The normalized spacial score (nSPS) is 9.56. The Morgan fingerprint density at radius 3 is 2.39 bits per heavy atom. The van der Waals surface area contributed by atoms with Crippen LogP contribution >= 0.6 is 0 Å². The number of carbonyl (C=O) groups excluding carboxylic acids is 1. The van der Waals surface area contributed by atoms with Gasteiger partial charge in [0.1, 0.15) is 6.54 Å². The number of rotatable bonds is 5. The number of hydrogen-bond acceptors (Lipinski definition) is 2. The summed E-state index contributed by atoms with van der Waals surface area (Å²) >= 11 is 0. The van der Waals surface area contributed by atoms with E-state index in [1.807, 2.05) is 19.1 Å². The molecule has 0 saturated heterocycles. The average Bonchev–Trinajstić information content (AvgIpc) is 2.37. The van der Waals surface area contributed by atoms with E-state index in [4.69, 9.17) is 11.5 Å². The van der Waals surface area contributed by atoms with Crippen LogP contribution in [0.3, 0.4) is 0 Å². The van der Waals surface area contributed by atoms with Crippen molar-refractivity contribution in [1.82, 2.24) is 4.90 Å². The van der Waals surface area contributed by atoms with Gasteiger partial charge in [0.05, 0.1) is 6.54 Å². The number of carboxylic acids is 1. The lowest BCUT2D eigenvalue weighted by Gasteiger charge is -2.17. The number of nitrogens with zero attached hydrogens (tertiary/aromatic N) is 1. The van der Waals surface area contributed by atoms with Crippen LogP contribution in [-0.2, 0) is 11.2 Å². The van der Waals surface area contributed by atoms with Crippen LogP contribution in [0.1, 0.15) is 22.8 Å². The summed E-state index contributed by atoms with van der Waals surface area (Å²) in [5.74, 6) is 0.845. The summed E-state index contributed by atoms with van der Waals surface area (Å²) < 4.78 is 0. The molecule has 0 aromatic heterocycles. The molecule has 1 rings (SSSR count). The van der Waals surface area contributed by atoms with Gasteiger partial charge in [0.2, 0.25) is 0 Å². The molecule has 4 heteroatoms. The molecule has 0 bridgehead atoms. The maximum atomic E-state index is 12.0. The smallest absolute Gasteiger partial charge is 0.323 e. The Kier molecular flexibility index (Phi) is 4.94. The quantitative estimate of drug-likeness (QED) is 0.798. The average molecular weight is 245 g/mol. The molecule has 1 aromatic carbocycles. The van der Waals surface area contributed by atoms with Crippen LogP contribution in [0.5, 0.6) is 0 Å². The van der Waals surface area contributed by atoms with E-state index in [-0.39, 0.29) is 12.5 Å². The first-order valence-electron chi connectivity index (χ1n) is 5.62. The summed E-state index contributed by atoms with van der Waals surface area (Å²) in [6.07, 6.45) is 6.02. The number of aryl methyl sites for hydroxylation is 1. The molecule has 0 heterocycles. The van der Waals surface area contributed by atoms with Crippen molar-refractivity contribution < 1.29 is 14.7 Å². The lowest BCUT2D eigenvalue weighted by Crippen LogP contribution is -2.35. The first-order chi connectivity index (χ1) is 8.58. The van der Waals surface area contributed by atoms with Gasteiger partial charge in [0.25, 0.3) is 5.91 Å². The van der Waals surface area contributed by atoms with Crippen LogP contribution in [0.4, 0.5) is 0 Å². The highest BCUT2D eigenvalue weighted by Crippen LogP contribution is 2.08. The van der Waals surface area contributed by atoms with Crippen molar-refractivity contribution in [1.29, 1.82) is 0 Å². The molecular weight excluding hydrogens is 230 g/mol. The molecule has 1 N–H and O–H groups in total. The monoisotopic (exact) mass is 245 g/mol. The van der Waals surface area contributed by atoms with Crippen LogP contribution in [0.25, 0.3) is 0 Å². The van der Waals surface area contributed by atoms with E-state index in [1.54, 1.807) is 12.1 Å². The van der Waals surface area contributed by atoms with E-state index >= 15 is 0 Å². The largest absolute Gasteiger partial charge is 0.480 e. The third-order valence-corrected chi connectivity index (χ3v) is 2.50. The first kappa shape index (κ1) is 13.8. The standard InChI is InChI=1S/C14H15NO3/c1-3-9-15(10-13(16)17)14(18)12-7-5-11(4-2)6-8-12/h1,5-8H,4,9-10H2,2H3,(H,16,17). The van der Waals surface area contributed by atoms with Crippen molar-refractivity contribution in [3.05, 3.63) is 35.4 Å². The van der Waals surface area contributed by atoms with Crippen LogP contribution in [0.2, 0.25) is 0 Å². The minimum absolute atomic E-state index is 0.0132. The maximum absolute atomic E-state index is 12.0. The molecule has 94 valence electrons. The van der Waals surface area contributed by atoms with Crippen LogP contribution in [-0.4, -0.2) is 35.0 Å². The minimum atomic E-state index is -1.08. The Morgan fingerprint density at radius 2 is 1.94 bits per heavy atom. The van der Waals surface area contributed by atoms with Gasteiger partial charge in [0.15, 0.2) is 0 Å². The fourth-order valence-corrected chi connectivity index (χ4v) is 1.54. The molecule has 0 spiro atoms. The Hall–Kier alpha value is -2.28. The fourth-order valence-electron chi connectivity index (χ4n) is 1.54. The Bertz CT molecular complexity index is 471. The number of terminal acetylenes is 1. The van der Waals surface area contributed by atoms with Crippen molar-refractivity contribution in [2.75, 3.05) is 13.1 Å². The topological polar surface area (TPSA) is 57.6 Å². The van der Waals surface area contributed by atoms with Gasteiger partial charge < -0.3 is 10.0 Å². The molecule has 0 unspecified atom stereocenters. The third-order valence-electron chi connectivity index (χ3n) is 2.50. The van der Waals surface area contributed by atoms with Crippen LogP contribution in [0.15, 0.2) is 24.3 Å². The van der Waals surface area contributed by atoms with E-state index in [1.165, 1.54) is 0 Å². The lowest BCUT2D eigenvalue weighted by molar-refractivity contribution is -0.137. The van der Waals surface area contributed by atoms with Gasteiger partial charge in [-0.2, -0.15) is 0 Å². The summed E-state index contributed by atoms with van der Waals surface area (Å²) in [6.45, 7) is 1.62. The third kappa shape index (κ3) is 3.63. The molecule has 0 aliphatic carbocycles. The summed E-state index contributed by atoms with van der Waals surface area (Å²) in [5, 5.41) is 8.73. The fraction of sp³-hybridized carbons (Fsp3) is 0.286. The molecule has 1 amide bonds. The van der Waals surface area contributed by atoms with Crippen molar-refractivity contribution in [3.8, 4) is 12.3 Å². The second-order valence-electron chi connectivity index (χ2n) is 3.81. The first-order valence-corrected chi connectivity index (χ1v) is 5.62. The van der Waals surface area contributed by atoms with E-state index < -0.39 is 12.5 Å². The highest BCUT2D eigenvalue weighted by atomic mass is 16.4. The molecule has 0 fully saturated rings. The lowest BCUT2D eigenvalue weighted by atomic mass is 10.1. The van der Waals surface area contributed by atoms with Gasteiger partial charge in [0, 0.05) is 5.56 Å². The Labute approximate surface area is 106 Å². The van der Waals surface area contributed by atoms with E-state index in [0.717, 1.165) is 16.9 Å². The van der Waals surface area contributed by atoms with Crippen LogP contribution in [0, 0.1) is 12.3 Å². The molecule has 0 atom stereocenters. The van der Waals surface area contributed by atoms with Gasteiger partial charge in [-0.15, -0.1) is 6.42 Å². The predicted octanol–water partition coefficient (Wildman–Crippen LogP) is 1.41. The summed E-state index contributed by atoms with van der Waals surface area (Å²) in [7, 11) is 0. The molecule has 0 radical (unpaired) electrons. The van der Waals surface area contributed by atoms with E-state index in [0.29, 0.717) is 5.56 Å². The zero-order valence-electron chi connectivity index (χ0n) is 10.2. The molecule has 0 aliphatic rings. The van der Waals surface area contributed by atoms with Gasteiger partial charge in [-0.05, 0) is 24.1 Å². The van der Waals surface area contributed by atoms with E-state index in [2.05, 4.69) is 5.92 Å². The molecule has 0 aliphatic heterocycles. The van der Waals surface area contributed by atoms with Crippen molar-refractivity contribution in [3.63, 3.8) is 0 Å². The van der Waals surface area contributed by atoms with Crippen LogP contribution < -0.4 is 0 Å². The highest BCUT2D eigenvalue weighted by Gasteiger charge is 2.17. The summed E-state index contributed by atoms with van der Waals surface area (Å²) in [6, 6.07) is 7.07. The maximum Gasteiger partial charge on any atom is 0.323 e. The second-order valence-corrected chi connectivity index (χ2v) is 3.81. The Balaban J connectivity index is 2.87. The van der Waals surface area contributed by atoms with Gasteiger partial charge in [-0.25, -0.2) is 0 Å². The van der Waals surface area contributed by atoms with Gasteiger partial charge >= 0.3 is 5.97 Å². The molecule has 0 saturated carbocycles. The minimum Gasteiger partial charge on any atom is -0.480 e. The zero-order chi connectivity index (χ0) is 13.5. The molecule has 18 heavy (non-hydrogen) atoms. The number of carbonyl (C=O) groups is 2. The number of aliphatic carboxylic acids is 1. The number of hydrogen-bond donors (Lipinski definition) is 1. The summed E-state index contributed by atoms with van der Waals surface area (Å²) in [4.78, 5) is 23.8. The summed E-state index contributed by atoms with van der Waals surface area (Å²) in [5.41, 5.74) is 1.57.